The predicted molar refractivity (Wildman–Crippen MR) is 104 cm³/mol. The maximum absolute atomic E-state index is 12.7. The lowest BCUT2D eigenvalue weighted by atomic mass is 10.1. The smallest absolute Gasteiger partial charge is 0.267 e. The Morgan fingerprint density at radius 2 is 1.81 bits per heavy atom. The monoisotopic (exact) mass is 371 g/mol. The van der Waals surface area contributed by atoms with Crippen molar-refractivity contribution in [3.8, 4) is 5.75 Å². The zero-order chi connectivity index (χ0) is 18.8. The fourth-order valence-electron chi connectivity index (χ4n) is 4.56. The molecule has 1 atom stereocenters. The highest BCUT2D eigenvalue weighted by atomic mass is 16.5. The van der Waals surface area contributed by atoms with E-state index in [0.29, 0.717) is 18.7 Å². The first kappa shape index (κ1) is 18.3. The second kappa shape index (κ2) is 7.89. The number of fused-ring (bicyclic) bond motifs is 1. The topological polar surface area (TPSA) is 53.1 Å². The van der Waals surface area contributed by atoms with E-state index in [2.05, 4.69) is 4.90 Å². The molecule has 0 radical (unpaired) electrons. The van der Waals surface area contributed by atoms with E-state index in [0.717, 1.165) is 37.9 Å². The molecule has 1 aromatic carbocycles. The third-order valence-corrected chi connectivity index (χ3v) is 6.13. The molecule has 146 valence electrons. The number of carbonyl (C=O) groups excluding carboxylic acids is 2. The minimum atomic E-state index is -0.509. The highest BCUT2D eigenvalue weighted by Crippen LogP contribution is 2.33. The Morgan fingerprint density at radius 1 is 1.11 bits per heavy atom. The molecule has 27 heavy (non-hydrogen) atoms. The van der Waals surface area contributed by atoms with Crippen LogP contribution in [0.2, 0.25) is 0 Å². The Morgan fingerprint density at radius 3 is 2.56 bits per heavy atom. The van der Waals surface area contributed by atoms with Crippen LogP contribution in [0, 0.1) is 0 Å². The molecule has 0 N–H and O–H groups in total. The maximum atomic E-state index is 12.7. The molecular formula is C21H29N3O3. The van der Waals surface area contributed by atoms with Gasteiger partial charge in [-0.3, -0.25) is 14.5 Å². The minimum absolute atomic E-state index is 0.0763. The zero-order valence-electron chi connectivity index (χ0n) is 16.1. The summed E-state index contributed by atoms with van der Waals surface area (Å²) in [5, 5.41) is 0. The molecule has 3 aliphatic rings. The fraction of sp³-hybridized carbons (Fsp3) is 0.619. The number of carbonyl (C=O) groups is 2. The second-order valence-corrected chi connectivity index (χ2v) is 7.82. The molecule has 1 aromatic rings. The van der Waals surface area contributed by atoms with Crippen LogP contribution in [-0.4, -0.2) is 66.5 Å². The van der Waals surface area contributed by atoms with Gasteiger partial charge in [-0.2, -0.15) is 0 Å². The molecule has 2 fully saturated rings. The summed E-state index contributed by atoms with van der Waals surface area (Å²) in [4.78, 5) is 31.5. The Kier molecular flexibility index (Phi) is 5.34. The fourth-order valence-corrected chi connectivity index (χ4v) is 4.56. The number of rotatable bonds is 4. The van der Waals surface area contributed by atoms with Gasteiger partial charge in [-0.15, -0.1) is 0 Å². The zero-order valence-corrected chi connectivity index (χ0v) is 16.1. The SMILES string of the molecule is CC1Oc2ccccc2N(CCC(=O)N2CCN(C3CCCC3)CC2)C1=O. The standard InChI is InChI=1S/C21H29N3O3/c1-16-21(26)24(18-8-4-5-9-19(18)27-16)11-10-20(25)23-14-12-22(13-15-23)17-6-2-3-7-17/h4-5,8-9,16-17H,2-3,6-7,10-15H2,1H3. The first-order valence-electron chi connectivity index (χ1n) is 10.2. The lowest BCUT2D eigenvalue weighted by Gasteiger charge is -2.38. The molecule has 2 aliphatic heterocycles. The van der Waals surface area contributed by atoms with Crippen molar-refractivity contribution in [3.05, 3.63) is 24.3 Å². The maximum Gasteiger partial charge on any atom is 0.267 e. The number of para-hydroxylation sites is 2. The third kappa shape index (κ3) is 3.81. The molecule has 4 rings (SSSR count). The predicted octanol–water partition coefficient (Wildman–Crippen LogP) is 2.28. The van der Waals surface area contributed by atoms with Crippen molar-refractivity contribution in [1.29, 1.82) is 0 Å². The summed E-state index contributed by atoms with van der Waals surface area (Å²) in [6, 6.07) is 8.27. The van der Waals surface area contributed by atoms with Crippen LogP contribution < -0.4 is 9.64 Å². The molecule has 6 heteroatoms. The minimum Gasteiger partial charge on any atom is -0.479 e. The molecule has 1 saturated carbocycles. The quantitative estimate of drug-likeness (QED) is 0.815. The molecule has 6 nitrogen and oxygen atoms in total. The molecule has 0 bridgehead atoms. The van der Waals surface area contributed by atoms with Crippen molar-refractivity contribution in [2.75, 3.05) is 37.6 Å². The van der Waals surface area contributed by atoms with Crippen molar-refractivity contribution >= 4 is 17.5 Å². The van der Waals surface area contributed by atoms with Crippen molar-refractivity contribution in [3.63, 3.8) is 0 Å². The van der Waals surface area contributed by atoms with Crippen molar-refractivity contribution in [2.24, 2.45) is 0 Å². The summed E-state index contributed by atoms with van der Waals surface area (Å²) < 4.78 is 5.67. The van der Waals surface area contributed by atoms with Crippen LogP contribution in [0.1, 0.15) is 39.0 Å². The largest absolute Gasteiger partial charge is 0.479 e. The van der Waals surface area contributed by atoms with Crippen LogP contribution in [0.15, 0.2) is 24.3 Å². The first-order chi connectivity index (χ1) is 13.1. The van der Waals surface area contributed by atoms with Crippen LogP contribution in [0.25, 0.3) is 0 Å². The van der Waals surface area contributed by atoms with Gasteiger partial charge in [0.1, 0.15) is 5.75 Å². The summed E-state index contributed by atoms with van der Waals surface area (Å²) >= 11 is 0. The number of ether oxygens (including phenoxy) is 1. The average Bonchev–Trinajstić information content (AvgIpc) is 3.23. The second-order valence-electron chi connectivity index (χ2n) is 7.82. The Bertz CT molecular complexity index is 694. The van der Waals surface area contributed by atoms with Crippen molar-refractivity contribution in [1.82, 2.24) is 9.80 Å². The number of amides is 2. The summed E-state index contributed by atoms with van der Waals surface area (Å²) in [7, 11) is 0. The summed E-state index contributed by atoms with van der Waals surface area (Å²) in [6.45, 7) is 5.73. The summed E-state index contributed by atoms with van der Waals surface area (Å²) in [5.74, 6) is 0.778. The number of piperazine rings is 1. The van der Waals surface area contributed by atoms with E-state index in [4.69, 9.17) is 4.74 Å². The van der Waals surface area contributed by atoms with Crippen LogP contribution in [0.4, 0.5) is 5.69 Å². The highest BCUT2D eigenvalue weighted by Gasteiger charge is 2.32. The van der Waals surface area contributed by atoms with Gasteiger partial charge in [0.25, 0.3) is 5.91 Å². The van der Waals surface area contributed by atoms with E-state index in [9.17, 15) is 9.59 Å². The molecule has 0 spiro atoms. The Labute approximate surface area is 161 Å². The average molecular weight is 371 g/mol. The van der Waals surface area contributed by atoms with E-state index in [1.54, 1.807) is 11.8 Å². The van der Waals surface area contributed by atoms with Gasteiger partial charge in [-0.25, -0.2) is 0 Å². The Hall–Kier alpha value is -2.08. The van der Waals surface area contributed by atoms with E-state index >= 15 is 0 Å². The number of nitrogens with zero attached hydrogens (tertiary/aromatic N) is 3. The summed E-state index contributed by atoms with van der Waals surface area (Å²) in [6.07, 6.45) is 5.16. The van der Waals surface area contributed by atoms with E-state index < -0.39 is 6.10 Å². The van der Waals surface area contributed by atoms with Gasteiger partial charge in [0.2, 0.25) is 5.91 Å². The van der Waals surface area contributed by atoms with Gasteiger partial charge in [0.05, 0.1) is 5.69 Å². The summed E-state index contributed by atoms with van der Waals surface area (Å²) in [5.41, 5.74) is 0.763. The van der Waals surface area contributed by atoms with Crippen LogP contribution in [-0.2, 0) is 9.59 Å². The normalized spacial score (nSPS) is 24.0. The molecule has 2 heterocycles. The van der Waals surface area contributed by atoms with Crippen molar-refractivity contribution in [2.45, 2.75) is 51.2 Å². The molecule has 1 aliphatic carbocycles. The number of anilines is 1. The molecule has 1 unspecified atom stereocenters. The molecular weight excluding hydrogens is 342 g/mol. The van der Waals surface area contributed by atoms with E-state index in [-0.39, 0.29) is 11.8 Å². The van der Waals surface area contributed by atoms with Gasteiger partial charge >= 0.3 is 0 Å². The molecule has 2 amide bonds. The highest BCUT2D eigenvalue weighted by molar-refractivity contribution is 6.00. The van der Waals surface area contributed by atoms with Crippen LogP contribution in [0.3, 0.4) is 0 Å². The first-order valence-corrected chi connectivity index (χ1v) is 10.2. The van der Waals surface area contributed by atoms with Crippen molar-refractivity contribution < 1.29 is 14.3 Å². The van der Waals surface area contributed by atoms with Crippen LogP contribution >= 0.6 is 0 Å². The van der Waals surface area contributed by atoms with E-state index in [1.807, 2.05) is 29.2 Å². The van der Waals surface area contributed by atoms with Gasteiger partial charge < -0.3 is 14.5 Å². The molecule has 0 aromatic heterocycles. The number of hydrogen-bond donors (Lipinski definition) is 0. The lowest BCUT2D eigenvalue weighted by Crippen LogP contribution is -2.52. The number of hydrogen-bond acceptors (Lipinski definition) is 4. The van der Waals surface area contributed by atoms with Crippen LogP contribution in [0.5, 0.6) is 5.75 Å². The van der Waals surface area contributed by atoms with Gasteiger partial charge in [-0.05, 0) is 31.9 Å². The van der Waals surface area contributed by atoms with E-state index in [1.165, 1.54) is 25.7 Å². The Balaban J connectivity index is 1.32. The van der Waals surface area contributed by atoms with Gasteiger partial charge in [-0.1, -0.05) is 25.0 Å². The molecule has 1 saturated heterocycles. The van der Waals surface area contributed by atoms with Gasteiger partial charge in [0.15, 0.2) is 6.10 Å². The lowest BCUT2D eigenvalue weighted by molar-refractivity contribution is -0.133. The third-order valence-electron chi connectivity index (χ3n) is 6.13. The number of benzene rings is 1. The van der Waals surface area contributed by atoms with Gasteiger partial charge in [0, 0.05) is 45.2 Å².